The van der Waals surface area contributed by atoms with E-state index in [0.717, 1.165) is 10.2 Å². The molecule has 0 spiro atoms. The van der Waals surface area contributed by atoms with E-state index in [-0.39, 0.29) is 10.9 Å². The predicted molar refractivity (Wildman–Crippen MR) is 95.9 cm³/mol. The van der Waals surface area contributed by atoms with Crippen LogP contribution in [-0.2, 0) is 0 Å². The Bertz CT molecular complexity index is 1300. The van der Waals surface area contributed by atoms with Crippen molar-refractivity contribution in [2.75, 3.05) is 0 Å². The molecule has 0 saturated carbocycles. The number of H-pyrrole nitrogens is 2. The minimum absolute atomic E-state index is 0.0516. The third-order valence-electron chi connectivity index (χ3n) is 3.76. The monoisotopic (exact) mass is 359 g/mol. The van der Waals surface area contributed by atoms with E-state index in [9.17, 15) is 14.4 Å². The van der Waals surface area contributed by atoms with Crippen LogP contribution in [0, 0.1) is 6.92 Å². The lowest BCUT2D eigenvalue weighted by Crippen LogP contribution is -2.32. The summed E-state index contributed by atoms with van der Waals surface area (Å²) in [5.74, 6) is 0. The van der Waals surface area contributed by atoms with Gasteiger partial charge in [-0.2, -0.15) is 0 Å². The van der Waals surface area contributed by atoms with E-state index >= 15 is 0 Å². The van der Waals surface area contributed by atoms with Crippen molar-refractivity contribution in [2.45, 2.75) is 6.92 Å². The molecule has 0 amide bonds. The van der Waals surface area contributed by atoms with Crippen molar-refractivity contribution in [2.24, 2.45) is 0 Å². The van der Waals surface area contributed by atoms with Gasteiger partial charge in [-0.1, -0.05) is 11.6 Å². The average Bonchev–Trinajstić information content (AvgIpc) is 2.96. The molecule has 3 heterocycles. The van der Waals surface area contributed by atoms with Crippen molar-refractivity contribution >= 4 is 44.7 Å². The molecule has 2 N–H and O–H groups in total. The summed E-state index contributed by atoms with van der Waals surface area (Å²) in [5, 5.41) is 5.49. The maximum atomic E-state index is 12.8. The Labute approximate surface area is 142 Å². The number of nitrogens with zero attached hydrogens (tertiary/aromatic N) is 1. The maximum absolute atomic E-state index is 12.8. The zero-order valence-electron chi connectivity index (χ0n) is 12.3. The van der Waals surface area contributed by atoms with Crippen LogP contribution in [0.15, 0.2) is 44.0 Å². The van der Waals surface area contributed by atoms with E-state index in [4.69, 9.17) is 11.6 Å². The van der Waals surface area contributed by atoms with Gasteiger partial charge < -0.3 is 4.98 Å². The van der Waals surface area contributed by atoms with E-state index in [1.54, 1.807) is 18.2 Å². The molecule has 0 bridgehead atoms. The fourth-order valence-corrected chi connectivity index (χ4v) is 3.68. The molecule has 120 valence electrons. The van der Waals surface area contributed by atoms with Gasteiger partial charge in [-0.05, 0) is 42.1 Å². The van der Waals surface area contributed by atoms with Crippen LogP contribution in [0.5, 0.6) is 0 Å². The molecule has 0 aliphatic rings. The Morgan fingerprint density at radius 1 is 1.17 bits per heavy atom. The quantitative estimate of drug-likeness (QED) is 0.512. The number of aromatic nitrogens is 3. The first-order valence-corrected chi connectivity index (χ1v) is 8.27. The Morgan fingerprint density at radius 2 is 1.96 bits per heavy atom. The summed E-state index contributed by atoms with van der Waals surface area (Å²) in [5.41, 5.74) is -0.281. The van der Waals surface area contributed by atoms with Crippen LogP contribution in [0.4, 0.5) is 0 Å². The van der Waals surface area contributed by atoms with E-state index in [1.165, 1.54) is 17.4 Å². The number of pyridine rings is 1. The van der Waals surface area contributed by atoms with Gasteiger partial charge in [0.15, 0.2) is 0 Å². The standard InChI is InChI=1S/C16H10ClN3O3S/c1-7-4-11(24-6-7)20-16(23)12-13(15(22)19-20)18-10-5-8(17)2-3-9(10)14(12)21/h2-6H,1H3,(H,18,21)(H,19,22). The van der Waals surface area contributed by atoms with Gasteiger partial charge in [0.2, 0.25) is 5.43 Å². The first-order valence-electron chi connectivity index (χ1n) is 7.02. The molecule has 0 fully saturated rings. The van der Waals surface area contributed by atoms with Crippen LogP contribution in [0.2, 0.25) is 5.02 Å². The Kier molecular flexibility index (Phi) is 3.22. The summed E-state index contributed by atoms with van der Waals surface area (Å²) >= 11 is 7.24. The Morgan fingerprint density at radius 3 is 2.67 bits per heavy atom. The summed E-state index contributed by atoms with van der Waals surface area (Å²) < 4.78 is 1.11. The van der Waals surface area contributed by atoms with Crippen molar-refractivity contribution in [3.63, 3.8) is 0 Å². The van der Waals surface area contributed by atoms with Gasteiger partial charge in [-0.3, -0.25) is 19.5 Å². The summed E-state index contributed by atoms with van der Waals surface area (Å²) in [6, 6.07) is 6.42. The highest BCUT2D eigenvalue weighted by atomic mass is 35.5. The van der Waals surface area contributed by atoms with Gasteiger partial charge in [0.05, 0.1) is 5.52 Å². The molecule has 0 radical (unpaired) electrons. The van der Waals surface area contributed by atoms with Crippen LogP contribution in [0.3, 0.4) is 0 Å². The van der Waals surface area contributed by atoms with Crippen LogP contribution in [0.1, 0.15) is 5.56 Å². The molecular weight excluding hydrogens is 350 g/mol. The van der Waals surface area contributed by atoms with Crippen LogP contribution in [-0.4, -0.2) is 14.8 Å². The van der Waals surface area contributed by atoms with Gasteiger partial charge in [-0.25, -0.2) is 4.68 Å². The number of aromatic amines is 2. The van der Waals surface area contributed by atoms with Crippen molar-refractivity contribution in [3.05, 3.63) is 71.2 Å². The van der Waals surface area contributed by atoms with Crippen LogP contribution >= 0.6 is 22.9 Å². The second-order valence-corrected chi connectivity index (χ2v) is 6.76. The summed E-state index contributed by atoms with van der Waals surface area (Å²) in [6.07, 6.45) is 0. The summed E-state index contributed by atoms with van der Waals surface area (Å²) in [4.78, 5) is 40.8. The molecule has 0 saturated heterocycles. The van der Waals surface area contributed by atoms with Crippen molar-refractivity contribution < 1.29 is 0 Å². The zero-order chi connectivity index (χ0) is 17.0. The smallest absolute Gasteiger partial charge is 0.287 e. The minimum atomic E-state index is -0.565. The average molecular weight is 360 g/mol. The molecular formula is C16H10ClN3O3S. The van der Waals surface area contributed by atoms with Crippen molar-refractivity contribution in [1.82, 2.24) is 14.8 Å². The predicted octanol–water partition coefficient (Wildman–Crippen LogP) is 2.54. The molecule has 0 unspecified atom stereocenters. The molecule has 0 aliphatic carbocycles. The highest BCUT2D eigenvalue weighted by Crippen LogP contribution is 2.18. The molecule has 3 aromatic heterocycles. The maximum Gasteiger partial charge on any atom is 0.287 e. The second kappa shape index (κ2) is 5.19. The van der Waals surface area contributed by atoms with Crippen molar-refractivity contribution in [1.29, 1.82) is 0 Å². The Balaban J connectivity index is 2.21. The van der Waals surface area contributed by atoms with E-state index in [1.807, 2.05) is 12.3 Å². The number of rotatable bonds is 1. The first-order chi connectivity index (χ1) is 11.5. The van der Waals surface area contributed by atoms with Gasteiger partial charge in [0.1, 0.15) is 15.9 Å². The second-order valence-electron chi connectivity index (χ2n) is 5.44. The molecule has 4 aromatic rings. The molecule has 8 heteroatoms. The van der Waals surface area contributed by atoms with Crippen LogP contribution < -0.4 is 16.5 Å². The van der Waals surface area contributed by atoms with Crippen LogP contribution in [0.25, 0.3) is 26.8 Å². The lowest BCUT2D eigenvalue weighted by atomic mass is 10.1. The van der Waals surface area contributed by atoms with Gasteiger partial charge in [0, 0.05) is 10.4 Å². The number of hydrogen-bond acceptors (Lipinski definition) is 4. The lowest BCUT2D eigenvalue weighted by molar-refractivity contribution is 0.812. The fraction of sp³-hybridized carbons (Fsp3) is 0.0625. The topological polar surface area (TPSA) is 87.7 Å². The first kappa shape index (κ1) is 14.9. The number of nitrogens with one attached hydrogen (secondary N) is 2. The highest BCUT2D eigenvalue weighted by Gasteiger charge is 2.16. The van der Waals surface area contributed by atoms with Gasteiger partial charge >= 0.3 is 0 Å². The molecule has 4 rings (SSSR count). The SMILES string of the molecule is Cc1csc(-n2[nH]c(=O)c3[nH]c4cc(Cl)ccc4c(=O)c3c2=O)c1. The molecule has 6 nitrogen and oxygen atoms in total. The molecule has 0 atom stereocenters. The number of aryl methyl sites for hydroxylation is 1. The fourth-order valence-electron chi connectivity index (χ4n) is 2.65. The molecule has 0 aliphatic heterocycles. The normalized spacial score (nSPS) is 11.4. The third-order valence-corrected chi connectivity index (χ3v) is 5.02. The largest absolute Gasteiger partial charge is 0.350 e. The molecule has 24 heavy (non-hydrogen) atoms. The van der Waals surface area contributed by atoms with Crippen molar-refractivity contribution in [3.8, 4) is 5.00 Å². The van der Waals surface area contributed by atoms with E-state index in [2.05, 4.69) is 10.1 Å². The lowest BCUT2D eigenvalue weighted by Gasteiger charge is -2.06. The van der Waals surface area contributed by atoms with Gasteiger partial charge in [0.25, 0.3) is 11.1 Å². The number of hydrogen-bond donors (Lipinski definition) is 2. The third kappa shape index (κ3) is 2.13. The van der Waals surface area contributed by atoms with E-state index < -0.39 is 16.5 Å². The zero-order valence-corrected chi connectivity index (χ0v) is 13.9. The minimum Gasteiger partial charge on any atom is -0.350 e. The number of thiophene rings is 1. The van der Waals surface area contributed by atoms with Gasteiger partial charge in [-0.15, -0.1) is 11.3 Å². The summed E-state index contributed by atoms with van der Waals surface area (Å²) in [7, 11) is 0. The number of fused-ring (bicyclic) bond motifs is 2. The number of benzene rings is 1. The van der Waals surface area contributed by atoms with E-state index in [0.29, 0.717) is 20.9 Å². The number of halogens is 1. The molecule has 1 aromatic carbocycles. The Hall–Kier alpha value is -2.64. The highest BCUT2D eigenvalue weighted by molar-refractivity contribution is 7.12. The summed E-state index contributed by atoms with van der Waals surface area (Å²) in [6.45, 7) is 1.88.